The fourth-order valence-electron chi connectivity index (χ4n) is 0.948. The van der Waals surface area contributed by atoms with Gasteiger partial charge in [0.2, 0.25) is 0 Å². The third-order valence-electron chi connectivity index (χ3n) is 1.42. The van der Waals surface area contributed by atoms with E-state index in [2.05, 4.69) is 14.7 Å². The number of nitrogens with one attached hydrogen (secondary N) is 1. The maximum atomic E-state index is 10.8. The Labute approximate surface area is 80.1 Å². The molecule has 1 rings (SSSR count). The number of aromatic amines is 1. The predicted octanol–water partition coefficient (Wildman–Crippen LogP) is 0.911. The second-order valence-electron chi connectivity index (χ2n) is 2.65. The highest BCUT2D eigenvalue weighted by Gasteiger charge is 2.04. The fraction of sp³-hybridized carbons (Fsp3) is 0.222. The van der Waals surface area contributed by atoms with Crippen LogP contribution in [0.1, 0.15) is 19.7 Å². The molecule has 0 saturated heterocycles. The van der Waals surface area contributed by atoms with Gasteiger partial charge < -0.3 is 0 Å². The molecule has 0 aliphatic rings. The first-order valence-corrected chi connectivity index (χ1v) is 4.05. The van der Waals surface area contributed by atoms with Gasteiger partial charge in [-0.2, -0.15) is 0 Å². The summed E-state index contributed by atoms with van der Waals surface area (Å²) >= 11 is 0. The summed E-state index contributed by atoms with van der Waals surface area (Å²) in [5.41, 5.74) is 0.519. The lowest BCUT2D eigenvalue weighted by atomic mass is 10.2. The molecule has 0 fully saturated rings. The molecule has 0 aliphatic carbocycles. The van der Waals surface area contributed by atoms with Gasteiger partial charge in [0.1, 0.15) is 0 Å². The zero-order valence-electron chi connectivity index (χ0n) is 7.90. The van der Waals surface area contributed by atoms with E-state index < -0.39 is 5.76 Å². The van der Waals surface area contributed by atoms with Gasteiger partial charge in [-0.15, -0.1) is 0 Å². The molecule has 1 aromatic rings. The summed E-state index contributed by atoms with van der Waals surface area (Å²) in [5.74, 6) is -0.510. The molecule has 0 saturated carbocycles. The molecule has 0 atom stereocenters. The number of hydrogen-bond acceptors (Lipinski definition) is 4. The van der Waals surface area contributed by atoms with Crippen LogP contribution >= 0.6 is 0 Å². The lowest BCUT2D eigenvalue weighted by Gasteiger charge is -1.92. The molecule has 1 aromatic heterocycles. The molecule has 5 nitrogen and oxygen atoms in total. The van der Waals surface area contributed by atoms with E-state index in [4.69, 9.17) is 0 Å². The minimum Gasteiger partial charge on any atom is -0.296 e. The van der Waals surface area contributed by atoms with E-state index in [-0.39, 0.29) is 11.6 Å². The van der Waals surface area contributed by atoms with Gasteiger partial charge in [0, 0.05) is 5.57 Å². The Morgan fingerprint density at radius 2 is 2.29 bits per heavy atom. The number of hydrogen-bond donors (Lipinski definition) is 1. The van der Waals surface area contributed by atoms with Crippen LogP contribution in [0.5, 0.6) is 0 Å². The minimum absolute atomic E-state index is 0.123. The molecule has 0 radical (unpaired) electrons. The van der Waals surface area contributed by atoms with Gasteiger partial charge in [-0.05, 0) is 19.9 Å². The number of nitrogens with zero attached hydrogens (tertiary/aromatic N) is 1. The van der Waals surface area contributed by atoms with Crippen LogP contribution < -0.4 is 5.76 Å². The second-order valence-corrected chi connectivity index (χ2v) is 2.65. The molecular weight excluding hydrogens is 184 g/mol. The van der Waals surface area contributed by atoms with E-state index in [0.717, 1.165) is 0 Å². The summed E-state index contributed by atoms with van der Waals surface area (Å²) in [7, 11) is 0. The van der Waals surface area contributed by atoms with Crippen molar-refractivity contribution in [1.29, 1.82) is 0 Å². The number of aromatic nitrogens is 2. The molecular formula is C9H10N2O3. The van der Waals surface area contributed by atoms with Crippen molar-refractivity contribution >= 4 is 11.4 Å². The number of carbonyl (C=O) groups excluding carboxylic acids is 1. The predicted molar refractivity (Wildman–Crippen MR) is 50.6 cm³/mol. The molecule has 1 heterocycles. The molecule has 0 unspecified atom stereocenters. The highest BCUT2D eigenvalue weighted by Crippen LogP contribution is 2.09. The van der Waals surface area contributed by atoms with Gasteiger partial charge in [0.05, 0.1) is 0 Å². The lowest BCUT2D eigenvalue weighted by molar-refractivity contribution is -0.112. The molecule has 14 heavy (non-hydrogen) atoms. The summed E-state index contributed by atoms with van der Waals surface area (Å²) in [6.07, 6.45) is 4.77. The Kier molecular flexibility index (Phi) is 3.17. The smallest absolute Gasteiger partial charge is 0.296 e. The van der Waals surface area contributed by atoms with Crippen LogP contribution in [0.25, 0.3) is 5.57 Å². The molecule has 0 aromatic carbocycles. The fourth-order valence-corrected chi connectivity index (χ4v) is 0.948. The Balaban J connectivity index is 3.12. The molecule has 5 heteroatoms. The van der Waals surface area contributed by atoms with Crippen molar-refractivity contribution in [2.75, 3.05) is 0 Å². The highest BCUT2D eigenvalue weighted by molar-refractivity contribution is 5.96. The van der Waals surface area contributed by atoms with Crippen molar-refractivity contribution in [3.8, 4) is 0 Å². The number of rotatable bonds is 3. The van der Waals surface area contributed by atoms with Crippen molar-refractivity contribution in [2.45, 2.75) is 13.8 Å². The summed E-state index contributed by atoms with van der Waals surface area (Å²) in [5, 5.41) is 3.47. The number of ketones is 1. The van der Waals surface area contributed by atoms with Crippen LogP contribution in [-0.2, 0) is 4.79 Å². The third kappa shape index (κ3) is 2.55. The number of allylic oxidation sites excluding steroid dienone is 4. The minimum atomic E-state index is -0.640. The molecule has 1 N–H and O–H groups in total. The normalized spacial score (nSPS) is 12.3. The first-order valence-electron chi connectivity index (χ1n) is 4.05. The topological polar surface area (TPSA) is 76.0 Å². The van der Waals surface area contributed by atoms with Crippen molar-refractivity contribution in [3.63, 3.8) is 0 Å². The van der Waals surface area contributed by atoms with Gasteiger partial charge in [0.15, 0.2) is 11.6 Å². The summed E-state index contributed by atoms with van der Waals surface area (Å²) in [6, 6.07) is 0. The van der Waals surface area contributed by atoms with Crippen LogP contribution in [-0.4, -0.2) is 15.9 Å². The highest BCUT2D eigenvalue weighted by atomic mass is 16.5. The van der Waals surface area contributed by atoms with Crippen LogP contribution in [0.2, 0.25) is 0 Å². The maximum absolute atomic E-state index is 10.8. The first kappa shape index (κ1) is 10.2. The van der Waals surface area contributed by atoms with Gasteiger partial charge >= 0.3 is 5.76 Å². The van der Waals surface area contributed by atoms with Crippen LogP contribution in [0.4, 0.5) is 0 Å². The van der Waals surface area contributed by atoms with E-state index in [1.54, 1.807) is 19.1 Å². The maximum Gasteiger partial charge on any atom is 0.439 e. The van der Waals surface area contributed by atoms with Gasteiger partial charge in [-0.25, -0.2) is 4.79 Å². The molecule has 0 amide bonds. The van der Waals surface area contributed by atoms with Gasteiger partial charge in [-0.1, -0.05) is 17.3 Å². The van der Waals surface area contributed by atoms with E-state index in [1.165, 1.54) is 13.0 Å². The quantitative estimate of drug-likeness (QED) is 0.573. The first-order chi connectivity index (χ1) is 6.63. The lowest BCUT2D eigenvalue weighted by Crippen LogP contribution is -1.97. The summed E-state index contributed by atoms with van der Waals surface area (Å²) < 4.78 is 4.33. The zero-order valence-corrected chi connectivity index (χ0v) is 7.90. The zero-order chi connectivity index (χ0) is 10.6. The average Bonchev–Trinajstić information content (AvgIpc) is 2.50. The Morgan fingerprint density at radius 3 is 2.71 bits per heavy atom. The summed E-state index contributed by atoms with van der Waals surface area (Å²) in [6.45, 7) is 3.22. The Bertz CT molecular complexity index is 437. The van der Waals surface area contributed by atoms with Gasteiger partial charge in [0.25, 0.3) is 0 Å². The molecule has 0 aliphatic heterocycles. The van der Waals surface area contributed by atoms with E-state index in [0.29, 0.717) is 5.57 Å². The molecule has 0 spiro atoms. The van der Waals surface area contributed by atoms with Gasteiger partial charge in [-0.3, -0.25) is 14.3 Å². The van der Waals surface area contributed by atoms with E-state index in [9.17, 15) is 9.59 Å². The van der Waals surface area contributed by atoms with Crippen LogP contribution in [0.3, 0.4) is 0 Å². The van der Waals surface area contributed by atoms with Crippen molar-refractivity contribution in [2.24, 2.45) is 0 Å². The van der Waals surface area contributed by atoms with Crippen LogP contribution in [0.15, 0.2) is 27.5 Å². The monoisotopic (exact) mass is 194 g/mol. The van der Waals surface area contributed by atoms with Crippen molar-refractivity contribution in [3.05, 3.63) is 34.6 Å². The van der Waals surface area contributed by atoms with Crippen LogP contribution in [0, 0.1) is 0 Å². The Hall–Kier alpha value is -1.91. The SMILES string of the molecule is C/C=C\C(=C/C(C)=O)c1noc(=O)[nH]1. The third-order valence-corrected chi connectivity index (χ3v) is 1.42. The van der Waals surface area contributed by atoms with Crippen molar-refractivity contribution in [1.82, 2.24) is 10.1 Å². The van der Waals surface area contributed by atoms with E-state index >= 15 is 0 Å². The average molecular weight is 194 g/mol. The number of H-pyrrole nitrogens is 1. The molecule has 74 valence electrons. The summed E-state index contributed by atoms with van der Waals surface area (Å²) in [4.78, 5) is 23.9. The van der Waals surface area contributed by atoms with Crippen molar-refractivity contribution < 1.29 is 9.32 Å². The van der Waals surface area contributed by atoms with E-state index in [1.807, 2.05) is 0 Å². The standard InChI is InChI=1S/C9H10N2O3/c1-3-4-7(5-6(2)12)8-10-9(13)14-11-8/h3-5H,1-2H3,(H,10,11,13)/b4-3-,7-5+. The molecule has 0 bridgehead atoms. The second kappa shape index (κ2) is 4.36. The largest absolute Gasteiger partial charge is 0.439 e. The number of carbonyl (C=O) groups is 1. The Morgan fingerprint density at radius 1 is 1.57 bits per heavy atom.